The highest BCUT2D eigenvalue weighted by molar-refractivity contribution is 6.04. The summed E-state index contributed by atoms with van der Waals surface area (Å²) in [4.78, 5) is 12.5. The van der Waals surface area contributed by atoms with Gasteiger partial charge in [-0.25, -0.2) is 4.68 Å². The average Bonchev–Trinajstić information content (AvgIpc) is 3.34. The van der Waals surface area contributed by atoms with Crippen molar-refractivity contribution in [3.8, 4) is 17.1 Å². The van der Waals surface area contributed by atoms with E-state index in [4.69, 9.17) is 0 Å². The fourth-order valence-corrected chi connectivity index (χ4v) is 2.67. The molecule has 2 heterocycles. The van der Waals surface area contributed by atoms with Crippen molar-refractivity contribution in [1.82, 2.24) is 24.5 Å². The fourth-order valence-electron chi connectivity index (χ4n) is 2.67. The van der Waals surface area contributed by atoms with Crippen LogP contribution in [0.3, 0.4) is 0 Å². The Morgan fingerprint density at radius 1 is 1.08 bits per heavy atom. The minimum Gasteiger partial charge on any atom is -0.322 e. The van der Waals surface area contributed by atoms with E-state index in [1.54, 1.807) is 29.3 Å². The molecule has 0 saturated carbocycles. The van der Waals surface area contributed by atoms with E-state index in [9.17, 15) is 4.79 Å². The number of nitrogens with one attached hydrogen (secondary N) is 1. The first-order valence-corrected chi connectivity index (χ1v) is 8.06. The lowest BCUT2D eigenvalue weighted by atomic mass is 10.1. The number of amides is 1. The first kappa shape index (κ1) is 15.8. The van der Waals surface area contributed by atoms with Gasteiger partial charge in [-0.15, -0.1) is 10.2 Å². The molecule has 7 nitrogen and oxygen atoms in total. The minimum absolute atomic E-state index is 0.174. The van der Waals surface area contributed by atoms with Gasteiger partial charge in [0.05, 0.1) is 5.69 Å². The van der Waals surface area contributed by atoms with E-state index in [2.05, 4.69) is 20.6 Å². The van der Waals surface area contributed by atoms with Crippen LogP contribution in [0.25, 0.3) is 17.1 Å². The van der Waals surface area contributed by atoms with Gasteiger partial charge < -0.3 is 9.88 Å². The van der Waals surface area contributed by atoms with Gasteiger partial charge in [0.25, 0.3) is 5.91 Å². The summed E-state index contributed by atoms with van der Waals surface area (Å²) in [6.07, 6.45) is 5.21. The minimum atomic E-state index is -0.174. The Morgan fingerprint density at radius 2 is 1.92 bits per heavy atom. The van der Waals surface area contributed by atoms with Crippen molar-refractivity contribution < 1.29 is 4.79 Å². The van der Waals surface area contributed by atoms with Crippen molar-refractivity contribution in [2.24, 2.45) is 7.05 Å². The maximum Gasteiger partial charge on any atom is 0.255 e. The van der Waals surface area contributed by atoms with Crippen LogP contribution in [-0.4, -0.2) is 30.5 Å². The van der Waals surface area contributed by atoms with Gasteiger partial charge in [-0.2, -0.15) is 5.10 Å². The van der Waals surface area contributed by atoms with Crippen LogP contribution in [0.4, 0.5) is 5.69 Å². The molecular weight excluding hydrogens is 328 g/mol. The second-order valence-electron chi connectivity index (χ2n) is 5.80. The van der Waals surface area contributed by atoms with Crippen molar-refractivity contribution in [1.29, 1.82) is 0 Å². The SMILES string of the molecule is Cn1cnnc1-c1cccc(NC(=O)c2ccc(-n3cccn3)cc2)c1. The summed E-state index contributed by atoms with van der Waals surface area (Å²) in [6.45, 7) is 0. The number of anilines is 1. The predicted molar refractivity (Wildman–Crippen MR) is 98.0 cm³/mol. The maximum atomic E-state index is 12.5. The van der Waals surface area contributed by atoms with E-state index in [-0.39, 0.29) is 5.91 Å². The maximum absolute atomic E-state index is 12.5. The number of aromatic nitrogens is 5. The number of rotatable bonds is 4. The molecule has 0 saturated heterocycles. The van der Waals surface area contributed by atoms with Gasteiger partial charge in [0, 0.05) is 36.3 Å². The molecule has 0 radical (unpaired) electrons. The molecule has 0 atom stereocenters. The lowest BCUT2D eigenvalue weighted by molar-refractivity contribution is 0.102. The Bertz CT molecular complexity index is 1030. The molecule has 128 valence electrons. The van der Waals surface area contributed by atoms with Crippen molar-refractivity contribution >= 4 is 11.6 Å². The molecule has 4 rings (SSSR count). The molecule has 0 aliphatic rings. The molecule has 0 fully saturated rings. The third-order valence-electron chi connectivity index (χ3n) is 3.99. The molecule has 4 aromatic rings. The standard InChI is InChI=1S/C19H16N6O/c1-24-13-20-23-18(24)15-4-2-5-16(12-15)22-19(26)14-6-8-17(9-7-14)25-11-3-10-21-25/h2-13H,1H3,(H,22,26). The molecule has 1 amide bonds. The largest absolute Gasteiger partial charge is 0.322 e. The van der Waals surface area contributed by atoms with Gasteiger partial charge in [0.15, 0.2) is 5.82 Å². The van der Waals surface area contributed by atoms with Crippen LogP contribution >= 0.6 is 0 Å². The van der Waals surface area contributed by atoms with Crippen LogP contribution < -0.4 is 5.32 Å². The van der Waals surface area contributed by atoms with Crippen LogP contribution in [-0.2, 0) is 7.05 Å². The normalized spacial score (nSPS) is 10.7. The van der Waals surface area contributed by atoms with Gasteiger partial charge in [0.2, 0.25) is 0 Å². The summed E-state index contributed by atoms with van der Waals surface area (Å²) in [7, 11) is 1.88. The first-order valence-electron chi connectivity index (χ1n) is 8.06. The molecule has 1 N–H and O–H groups in total. The summed E-state index contributed by atoms with van der Waals surface area (Å²) in [5.74, 6) is 0.566. The van der Waals surface area contributed by atoms with Crippen molar-refractivity contribution in [3.05, 3.63) is 78.9 Å². The van der Waals surface area contributed by atoms with Gasteiger partial charge >= 0.3 is 0 Å². The highest BCUT2D eigenvalue weighted by Gasteiger charge is 2.09. The summed E-state index contributed by atoms with van der Waals surface area (Å²) in [6, 6.07) is 16.6. The molecule has 0 aliphatic carbocycles. The second-order valence-corrected chi connectivity index (χ2v) is 5.80. The van der Waals surface area contributed by atoms with Gasteiger partial charge in [-0.3, -0.25) is 4.79 Å². The van der Waals surface area contributed by atoms with Crippen LogP contribution in [0.15, 0.2) is 73.3 Å². The van der Waals surface area contributed by atoms with E-state index in [1.807, 2.05) is 60.3 Å². The topological polar surface area (TPSA) is 77.6 Å². The monoisotopic (exact) mass is 344 g/mol. The van der Waals surface area contributed by atoms with Crippen LogP contribution in [0.5, 0.6) is 0 Å². The quantitative estimate of drug-likeness (QED) is 0.617. The zero-order valence-corrected chi connectivity index (χ0v) is 14.1. The molecule has 0 unspecified atom stereocenters. The number of hydrogen-bond donors (Lipinski definition) is 1. The molecule has 2 aromatic heterocycles. The fraction of sp³-hybridized carbons (Fsp3) is 0.0526. The Morgan fingerprint density at radius 3 is 2.62 bits per heavy atom. The summed E-state index contributed by atoms with van der Waals surface area (Å²) < 4.78 is 3.57. The summed E-state index contributed by atoms with van der Waals surface area (Å²) in [5, 5.41) is 15.1. The Kier molecular flexibility index (Phi) is 4.03. The number of carbonyl (C=O) groups excluding carboxylic acids is 1. The third-order valence-corrected chi connectivity index (χ3v) is 3.99. The number of hydrogen-bond acceptors (Lipinski definition) is 4. The third kappa shape index (κ3) is 3.10. The van der Waals surface area contributed by atoms with Crippen LogP contribution in [0.1, 0.15) is 10.4 Å². The molecule has 0 spiro atoms. The number of carbonyl (C=O) groups is 1. The lowest BCUT2D eigenvalue weighted by Crippen LogP contribution is -2.12. The van der Waals surface area contributed by atoms with Gasteiger partial charge in [-0.05, 0) is 42.5 Å². The van der Waals surface area contributed by atoms with Crippen molar-refractivity contribution in [3.63, 3.8) is 0 Å². The highest BCUT2D eigenvalue weighted by Crippen LogP contribution is 2.20. The Labute approximate surface area is 149 Å². The summed E-state index contributed by atoms with van der Waals surface area (Å²) >= 11 is 0. The number of nitrogens with zero attached hydrogens (tertiary/aromatic N) is 5. The number of aryl methyl sites for hydroxylation is 1. The summed E-state index contributed by atoms with van der Waals surface area (Å²) in [5.41, 5.74) is 3.06. The van der Waals surface area contributed by atoms with Crippen LogP contribution in [0, 0.1) is 0 Å². The molecule has 0 bridgehead atoms. The predicted octanol–water partition coefficient (Wildman–Crippen LogP) is 2.92. The molecule has 2 aromatic carbocycles. The molecule has 0 aliphatic heterocycles. The van der Waals surface area contributed by atoms with Gasteiger partial charge in [-0.1, -0.05) is 12.1 Å². The van der Waals surface area contributed by atoms with Crippen LogP contribution in [0.2, 0.25) is 0 Å². The van der Waals surface area contributed by atoms with E-state index in [1.165, 1.54) is 0 Å². The van der Waals surface area contributed by atoms with E-state index in [0.717, 1.165) is 17.1 Å². The first-order chi connectivity index (χ1) is 12.7. The number of benzene rings is 2. The lowest BCUT2D eigenvalue weighted by Gasteiger charge is -2.08. The zero-order chi connectivity index (χ0) is 17.9. The van der Waals surface area contributed by atoms with E-state index < -0.39 is 0 Å². The Balaban J connectivity index is 1.52. The average molecular weight is 344 g/mol. The van der Waals surface area contributed by atoms with Crippen molar-refractivity contribution in [2.75, 3.05) is 5.32 Å². The zero-order valence-electron chi connectivity index (χ0n) is 14.1. The van der Waals surface area contributed by atoms with E-state index >= 15 is 0 Å². The molecule has 26 heavy (non-hydrogen) atoms. The second kappa shape index (κ2) is 6.64. The Hall–Kier alpha value is -3.74. The molecular formula is C19H16N6O. The van der Waals surface area contributed by atoms with E-state index in [0.29, 0.717) is 11.3 Å². The van der Waals surface area contributed by atoms with Crippen molar-refractivity contribution in [2.45, 2.75) is 0 Å². The highest BCUT2D eigenvalue weighted by atomic mass is 16.1. The van der Waals surface area contributed by atoms with Gasteiger partial charge in [0.1, 0.15) is 6.33 Å². The molecule has 7 heteroatoms. The smallest absolute Gasteiger partial charge is 0.255 e.